The van der Waals surface area contributed by atoms with E-state index in [4.69, 9.17) is 16.3 Å². The number of nitro benzene ring substituents is 1. The van der Waals surface area contributed by atoms with Gasteiger partial charge in [-0.1, -0.05) is 11.6 Å². The van der Waals surface area contributed by atoms with E-state index in [1.165, 1.54) is 18.2 Å². The largest absolute Gasteiger partial charge is 0.465 e. The minimum absolute atomic E-state index is 0.170. The number of carbonyl (C=O) groups is 1. The van der Waals surface area contributed by atoms with Crippen LogP contribution >= 0.6 is 11.6 Å². The molecule has 0 aliphatic heterocycles. The number of hydrogen-bond acceptors (Lipinski definition) is 5. The van der Waals surface area contributed by atoms with Crippen molar-refractivity contribution in [2.24, 2.45) is 0 Å². The summed E-state index contributed by atoms with van der Waals surface area (Å²) in [5.41, 5.74) is 0.286. The molecule has 0 saturated carbocycles. The fourth-order valence-electron chi connectivity index (χ4n) is 1.87. The van der Waals surface area contributed by atoms with Crippen LogP contribution in [0.3, 0.4) is 0 Å². The van der Waals surface area contributed by atoms with Crippen molar-refractivity contribution >= 4 is 23.3 Å². The summed E-state index contributed by atoms with van der Waals surface area (Å²) in [4.78, 5) is 22.0. The molecule has 0 radical (unpaired) electrons. The van der Waals surface area contributed by atoms with E-state index >= 15 is 0 Å². The molecule has 2 aromatic rings. The normalized spacial score (nSPS) is 10.1. The van der Waals surface area contributed by atoms with Crippen molar-refractivity contribution in [3.8, 4) is 11.5 Å². The summed E-state index contributed by atoms with van der Waals surface area (Å²) in [7, 11) is 1.16. The van der Waals surface area contributed by atoms with Gasteiger partial charge in [-0.25, -0.2) is 4.79 Å². The summed E-state index contributed by atoms with van der Waals surface area (Å²) in [6.45, 7) is 1.81. The molecule has 0 bridgehead atoms. The highest BCUT2D eigenvalue weighted by Gasteiger charge is 2.22. The Balaban J connectivity index is 2.40. The summed E-state index contributed by atoms with van der Waals surface area (Å²) in [6, 6.07) is 8.96. The monoisotopic (exact) mass is 321 g/mol. The number of esters is 1. The highest BCUT2D eigenvalue weighted by atomic mass is 35.5. The van der Waals surface area contributed by atoms with Crippen molar-refractivity contribution in [2.75, 3.05) is 7.11 Å². The second kappa shape index (κ2) is 6.44. The minimum atomic E-state index is -0.801. The van der Waals surface area contributed by atoms with E-state index in [9.17, 15) is 14.9 Å². The minimum Gasteiger partial charge on any atom is -0.465 e. The number of carbonyl (C=O) groups excluding carboxylic acids is 1. The number of nitrogens with zero attached hydrogens (tertiary/aromatic N) is 1. The Hall–Kier alpha value is -2.60. The number of methoxy groups -OCH3 is 1. The zero-order chi connectivity index (χ0) is 16.3. The molecule has 114 valence electrons. The topological polar surface area (TPSA) is 78.7 Å². The molecule has 0 heterocycles. The smallest absolute Gasteiger partial charge is 0.345 e. The van der Waals surface area contributed by atoms with Gasteiger partial charge in [0.1, 0.15) is 17.1 Å². The quantitative estimate of drug-likeness (QED) is 0.480. The van der Waals surface area contributed by atoms with Gasteiger partial charge >= 0.3 is 5.97 Å². The van der Waals surface area contributed by atoms with Crippen LogP contribution in [0, 0.1) is 17.0 Å². The Morgan fingerprint density at radius 3 is 2.55 bits per heavy atom. The maximum atomic E-state index is 11.7. The van der Waals surface area contributed by atoms with E-state index in [1.54, 1.807) is 18.2 Å². The van der Waals surface area contributed by atoms with Crippen LogP contribution in [0.2, 0.25) is 5.02 Å². The van der Waals surface area contributed by atoms with E-state index in [0.717, 1.165) is 12.7 Å². The standard InChI is InChI=1S/C15H12ClNO5/c1-9-7-10(16)3-6-14(9)22-11-4-5-13(17(19)20)12(8-11)15(18)21-2/h3-8H,1-2H3. The van der Waals surface area contributed by atoms with Crippen molar-refractivity contribution in [1.82, 2.24) is 0 Å². The number of rotatable bonds is 4. The second-order valence-electron chi connectivity index (χ2n) is 4.44. The third-order valence-corrected chi connectivity index (χ3v) is 3.17. The molecule has 2 aromatic carbocycles. The zero-order valence-corrected chi connectivity index (χ0v) is 12.6. The summed E-state index contributed by atoms with van der Waals surface area (Å²) < 4.78 is 10.2. The molecule has 0 spiro atoms. The first-order valence-electron chi connectivity index (χ1n) is 6.23. The predicted molar refractivity (Wildman–Crippen MR) is 80.7 cm³/mol. The van der Waals surface area contributed by atoms with Crippen LogP contribution in [0.5, 0.6) is 11.5 Å². The molecular weight excluding hydrogens is 310 g/mol. The van der Waals surface area contributed by atoms with Crippen LogP contribution in [0.4, 0.5) is 5.69 Å². The molecule has 0 saturated heterocycles. The molecule has 0 unspecified atom stereocenters. The van der Waals surface area contributed by atoms with Crippen molar-refractivity contribution in [3.05, 3.63) is 62.7 Å². The van der Waals surface area contributed by atoms with Crippen LogP contribution in [0.1, 0.15) is 15.9 Å². The molecule has 0 aromatic heterocycles. The van der Waals surface area contributed by atoms with Gasteiger partial charge < -0.3 is 9.47 Å². The first-order valence-corrected chi connectivity index (χ1v) is 6.61. The lowest BCUT2D eigenvalue weighted by Gasteiger charge is -2.10. The molecular formula is C15H12ClNO5. The van der Waals surface area contributed by atoms with Crippen LogP contribution in [-0.4, -0.2) is 18.0 Å². The predicted octanol–water partition coefficient (Wildman–Crippen LogP) is 4.14. The van der Waals surface area contributed by atoms with Crippen LogP contribution in [-0.2, 0) is 4.74 Å². The van der Waals surface area contributed by atoms with E-state index in [2.05, 4.69) is 4.74 Å². The van der Waals surface area contributed by atoms with Gasteiger partial charge in [-0.05, 0) is 36.8 Å². The molecule has 7 heteroatoms. The maximum absolute atomic E-state index is 11.7. The lowest BCUT2D eigenvalue weighted by Crippen LogP contribution is -2.06. The first kappa shape index (κ1) is 15.8. The SMILES string of the molecule is COC(=O)c1cc(Oc2ccc(Cl)cc2C)ccc1[N+](=O)[O-]. The van der Waals surface area contributed by atoms with Crippen LogP contribution in [0.15, 0.2) is 36.4 Å². The van der Waals surface area contributed by atoms with Gasteiger partial charge in [0.2, 0.25) is 0 Å². The molecule has 0 N–H and O–H groups in total. The molecule has 6 nitrogen and oxygen atoms in total. The maximum Gasteiger partial charge on any atom is 0.345 e. The third-order valence-electron chi connectivity index (χ3n) is 2.93. The average Bonchev–Trinajstić information content (AvgIpc) is 2.49. The van der Waals surface area contributed by atoms with Crippen molar-refractivity contribution in [1.29, 1.82) is 0 Å². The Morgan fingerprint density at radius 1 is 1.23 bits per heavy atom. The lowest BCUT2D eigenvalue weighted by atomic mass is 10.1. The van der Waals surface area contributed by atoms with Crippen LogP contribution in [0.25, 0.3) is 0 Å². The van der Waals surface area contributed by atoms with Crippen molar-refractivity contribution < 1.29 is 19.2 Å². The highest BCUT2D eigenvalue weighted by molar-refractivity contribution is 6.30. The average molecular weight is 322 g/mol. The van der Waals surface area contributed by atoms with Crippen molar-refractivity contribution in [3.63, 3.8) is 0 Å². The zero-order valence-electron chi connectivity index (χ0n) is 11.8. The van der Waals surface area contributed by atoms with Crippen molar-refractivity contribution in [2.45, 2.75) is 6.92 Å². The number of benzene rings is 2. The van der Waals surface area contributed by atoms with Gasteiger partial charge in [-0.15, -0.1) is 0 Å². The number of ether oxygens (including phenoxy) is 2. The molecule has 0 aliphatic rings. The van der Waals surface area contributed by atoms with Gasteiger partial charge in [-0.2, -0.15) is 0 Å². The third kappa shape index (κ3) is 3.35. The molecule has 2 rings (SSSR count). The van der Waals surface area contributed by atoms with E-state index in [0.29, 0.717) is 10.8 Å². The Kier molecular flexibility index (Phi) is 4.62. The number of aryl methyl sites for hydroxylation is 1. The lowest BCUT2D eigenvalue weighted by molar-refractivity contribution is -0.385. The number of hydrogen-bond donors (Lipinski definition) is 0. The van der Waals surface area contributed by atoms with Crippen LogP contribution < -0.4 is 4.74 Å². The molecule has 0 atom stereocenters. The van der Waals surface area contributed by atoms with Gasteiger partial charge in [0.25, 0.3) is 5.69 Å². The summed E-state index contributed by atoms with van der Waals surface area (Å²) in [5.74, 6) is 0.0236. The van der Waals surface area contributed by atoms with Gasteiger partial charge in [0.15, 0.2) is 0 Å². The number of nitro groups is 1. The number of halogens is 1. The molecule has 0 aliphatic carbocycles. The summed E-state index contributed by atoms with van der Waals surface area (Å²) in [6.07, 6.45) is 0. The molecule has 22 heavy (non-hydrogen) atoms. The molecule has 0 fully saturated rings. The Morgan fingerprint density at radius 2 is 1.95 bits per heavy atom. The molecule has 0 amide bonds. The van der Waals surface area contributed by atoms with E-state index < -0.39 is 10.9 Å². The first-order chi connectivity index (χ1) is 10.4. The van der Waals surface area contributed by atoms with Gasteiger partial charge in [0, 0.05) is 17.2 Å². The Bertz CT molecular complexity index is 745. The van der Waals surface area contributed by atoms with Gasteiger partial charge in [0.05, 0.1) is 12.0 Å². The van der Waals surface area contributed by atoms with Gasteiger partial charge in [-0.3, -0.25) is 10.1 Å². The fourth-order valence-corrected chi connectivity index (χ4v) is 2.09. The summed E-state index contributed by atoms with van der Waals surface area (Å²) in [5, 5.41) is 11.5. The fraction of sp³-hybridized carbons (Fsp3) is 0.133. The van der Waals surface area contributed by atoms with E-state index in [-0.39, 0.29) is 17.0 Å². The Labute approximate surface area is 131 Å². The summed E-state index contributed by atoms with van der Waals surface area (Å²) >= 11 is 5.87. The highest BCUT2D eigenvalue weighted by Crippen LogP contribution is 2.30. The second-order valence-corrected chi connectivity index (χ2v) is 4.88. The van der Waals surface area contributed by atoms with E-state index in [1.807, 2.05) is 6.92 Å².